The van der Waals surface area contributed by atoms with E-state index in [9.17, 15) is 13.2 Å². The number of nitrogens with one attached hydrogen (secondary N) is 2. The van der Waals surface area contributed by atoms with E-state index in [-0.39, 0.29) is 10.8 Å². The van der Waals surface area contributed by atoms with Gasteiger partial charge in [0.15, 0.2) is 4.90 Å². The number of fused-ring (bicyclic) bond motifs is 3. The van der Waals surface area contributed by atoms with Crippen molar-refractivity contribution in [3.63, 3.8) is 0 Å². The van der Waals surface area contributed by atoms with E-state index >= 15 is 0 Å². The van der Waals surface area contributed by atoms with Gasteiger partial charge in [0.1, 0.15) is 0 Å². The number of hydrogen-bond acceptors (Lipinski definition) is 5. The standard InChI is InChI=1S/C22H28N4O4S/c1-2-5-14-12-26-21(30-13-14)19(11-23-26)31(28,29)25-22(27)24-20-17-8-3-6-15(17)10-16-7-4-9-18(16)20/h10-11,14H,2-9,12-13H2,1H3,(H2,24,25,27). The molecule has 0 saturated heterocycles. The van der Waals surface area contributed by atoms with Gasteiger partial charge >= 0.3 is 6.03 Å². The number of hydrogen-bond donors (Lipinski definition) is 2. The average molecular weight is 445 g/mol. The van der Waals surface area contributed by atoms with E-state index in [0.29, 0.717) is 19.1 Å². The summed E-state index contributed by atoms with van der Waals surface area (Å²) in [4.78, 5) is 12.7. The van der Waals surface area contributed by atoms with Crippen molar-refractivity contribution in [1.29, 1.82) is 0 Å². The summed E-state index contributed by atoms with van der Waals surface area (Å²) in [5.74, 6) is 0.514. The second-order valence-electron chi connectivity index (χ2n) is 8.76. The monoisotopic (exact) mass is 444 g/mol. The van der Waals surface area contributed by atoms with Crippen LogP contribution < -0.4 is 14.8 Å². The quantitative estimate of drug-likeness (QED) is 0.737. The van der Waals surface area contributed by atoms with E-state index < -0.39 is 16.1 Å². The van der Waals surface area contributed by atoms with E-state index in [4.69, 9.17) is 4.74 Å². The first-order valence-electron chi connectivity index (χ1n) is 11.1. The number of aromatic nitrogens is 2. The van der Waals surface area contributed by atoms with Gasteiger partial charge in [0.25, 0.3) is 10.0 Å². The molecule has 2 aliphatic carbocycles. The Hall–Kier alpha value is -2.55. The lowest BCUT2D eigenvalue weighted by Crippen LogP contribution is -2.35. The van der Waals surface area contributed by atoms with Crippen molar-refractivity contribution in [2.45, 2.75) is 69.7 Å². The molecule has 2 aromatic rings. The Kier molecular flexibility index (Phi) is 5.16. The van der Waals surface area contributed by atoms with Crippen LogP contribution in [0.1, 0.15) is 54.9 Å². The maximum absolute atomic E-state index is 12.9. The largest absolute Gasteiger partial charge is 0.476 e. The molecule has 2 heterocycles. The Morgan fingerprint density at radius 3 is 2.58 bits per heavy atom. The Morgan fingerprint density at radius 1 is 1.19 bits per heavy atom. The molecule has 8 nitrogen and oxygen atoms in total. The second kappa shape index (κ2) is 7.85. The van der Waals surface area contributed by atoms with Crippen molar-refractivity contribution in [2.75, 3.05) is 11.9 Å². The number of anilines is 1. The van der Waals surface area contributed by atoms with Gasteiger partial charge in [-0.05, 0) is 67.2 Å². The highest BCUT2D eigenvalue weighted by molar-refractivity contribution is 7.90. The van der Waals surface area contributed by atoms with Gasteiger partial charge in [-0.3, -0.25) is 0 Å². The molecule has 0 fully saturated rings. The predicted octanol–water partition coefficient (Wildman–Crippen LogP) is 3.18. The summed E-state index contributed by atoms with van der Waals surface area (Å²) in [6.07, 6.45) is 9.25. The van der Waals surface area contributed by atoms with Crippen LogP contribution in [-0.2, 0) is 42.3 Å². The summed E-state index contributed by atoms with van der Waals surface area (Å²) in [5.41, 5.74) is 5.67. The normalized spacial score (nSPS) is 19.3. The summed E-state index contributed by atoms with van der Waals surface area (Å²) in [7, 11) is -4.11. The molecule has 31 heavy (non-hydrogen) atoms. The lowest BCUT2D eigenvalue weighted by atomic mass is 9.99. The number of rotatable bonds is 5. The molecule has 0 radical (unpaired) electrons. The number of carbonyl (C=O) groups is 1. The molecule has 1 aromatic heterocycles. The molecule has 1 unspecified atom stereocenters. The Balaban J connectivity index is 1.36. The van der Waals surface area contributed by atoms with Gasteiger partial charge < -0.3 is 10.1 Å². The summed E-state index contributed by atoms with van der Waals surface area (Å²) in [6.45, 7) is 3.18. The molecule has 2 N–H and O–H groups in total. The third-order valence-corrected chi connectivity index (χ3v) is 7.88. The van der Waals surface area contributed by atoms with E-state index in [1.54, 1.807) is 4.68 Å². The van der Waals surface area contributed by atoms with Crippen LogP contribution in [0.3, 0.4) is 0 Å². The lowest BCUT2D eigenvalue weighted by Gasteiger charge is -2.24. The molecular formula is C22H28N4O4S. The highest BCUT2D eigenvalue weighted by Crippen LogP contribution is 2.38. The Bertz CT molecular complexity index is 1110. The number of carbonyl (C=O) groups excluding carboxylic acids is 1. The summed E-state index contributed by atoms with van der Waals surface area (Å²) >= 11 is 0. The van der Waals surface area contributed by atoms with Crippen LogP contribution in [0.4, 0.5) is 10.5 Å². The zero-order valence-corrected chi connectivity index (χ0v) is 18.6. The topological polar surface area (TPSA) is 102 Å². The molecule has 2 amide bonds. The predicted molar refractivity (Wildman–Crippen MR) is 116 cm³/mol. The summed E-state index contributed by atoms with van der Waals surface area (Å²) < 4.78 is 35.3. The maximum atomic E-state index is 12.9. The van der Waals surface area contributed by atoms with Gasteiger partial charge in [-0.25, -0.2) is 22.6 Å². The molecule has 3 aliphatic rings. The minimum Gasteiger partial charge on any atom is -0.476 e. The van der Waals surface area contributed by atoms with Crippen LogP contribution in [0.15, 0.2) is 17.2 Å². The third-order valence-electron chi connectivity index (χ3n) is 6.57. The molecule has 166 valence electrons. The number of sulfonamides is 1. The lowest BCUT2D eigenvalue weighted by molar-refractivity contribution is 0.153. The molecule has 9 heteroatoms. The van der Waals surface area contributed by atoms with Crippen LogP contribution >= 0.6 is 0 Å². The highest BCUT2D eigenvalue weighted by atomic mass is 32.2. The molecule has 0 spiro atoms. The fraction of sp³-hybridized carbons (Fsp3) is 0.545. The van der Waals surface area contributed by atoms with Crippen LogP contribution in [0.5, 0.6) is 5.88 Å². The van der Waals surface area contributed by atoms with Crippen LogP contribution in [0.25, 0.3) is 0 Å². The third kappa shape index (κ3) is 3.69. The molecule has 1 aliphatic heterocycles. The fourth-order valence-corrected chi connectivity index (χ4v) is 6.16. The van der Waals surface area contributed by atoms with Crippen LogP contribution in [0.2, 0.25) is 0 Å². The first kappa shape index (κ1) is 20.4. The van der Waals surface area contributed by atoms with Crippen molar-refractivity contribution in [3.8, 4) is 5.88 Å². The Morgan fingerprint density at radius 2 is 1.90 bits per heavy atom. The molecule has 1 atom stereocenters. The zero-order valence-electron chi connectivity index (χ0n) is 17.7. The van der Waals surface area contributed by atoms with Gasteiger partial charge in [0.2, 0.25) is 5.88 Å². The number of ether oxygens (including phenoxy) is 1. The molecule has 0 bridgehead atoms. The van der Waals surface area contributed by atoms with Crippen molar-refractivity contribution < 1.29 is 17.9 Å². The van der Waals surface area contributed by atoms with Gasteiger partial charge in [0.05, 0.1) is 19.3 Å². The number of benzene rings is 1. The number of nitrogens with zero attached hydrogens (tertiary/aromatic N) is 2. The molecule has 5 rings (SSSR count). The second-order valence-corrected chi connectivity index (χ2v) is 10.4. The van der Waals surface area contributed by atoms with Gasteiger partial charge in [-0.1, -0.05) is 19.4 Å². The first-order valence-corrected chi connectivity index (χ1v) is 12.6. The zero-order chi connectivity index (χ0) is 21.6. The minimum absolute atomic E-state index is 0.0962. The Labute approximate surface area is 182 Å². The van der Waals surface area contributed by atoms with E-state index in [0.717, 1.165) is 68.2 Å². The molecule has 0 saturated carbocycles. The van der Waals surface area contributed by atoms with Crippen LogP contribution in [-0.4, -0.2) is 30.8 Å². The number of urea groups is 1. The van der Waals surface area contributed by atoms with E-state index in [1.165, 1.54) is 17.3 Å². The molecular weight excluding hydrogens is 416 g/mol. The highest BCUT2D eigenvalue weighted by Gasteiger charge is 2.31. The average Bonchev–Trinajstić information content (AvgIpc) is 3.46. The summed E-state index contributed by atoms with van der Waals surface area (Å²) in [6, 6.07) is 1.53. The van der Waals surface area contributed by atoms with Gasteiger partial charge in [0, 0.05) is 11.6 Å². The van der Waals surface area contributed by atoms with Gasteiger partial charge in [-0.2, -0.15) is 5.10 Å². The van der Waals surface area contributed by atoms with Crippen molar-refractivity contribution >= 4 is 21.7 Å². The van der Waals surface area contributed by atoms with Crippen LogP contribution in [0, 0.1) is 5.92 Å². The summed E-state index contributed by atoms with van der Waals surface area (Å²) in [5, 5.41) is 7.05. The van der Waals surface area contributed by atoms with Crippen molar-refractivity contribution in [2.24, 2.45) is 5.92 Å². The minimum atomic E-state index is -4.11. The number of aryl methyl sites for hydroxylation is 2. The first-order chi connectivity index (χ1) is 15.0. The van der Waals surface area contributed by atoms with Gasteiger partial charge in [-0.15, -0.1) is 0 Å². The SMILES string of the molecule is CCCC1COc2c(S(=O)(=O)NC(=O)Nc3c4c(cc5c3CCC5)CCC4)cnn2C1. The van der Waals surface area contributed by atoms with Crippen molar-refractivity contribution in [3.05, 3.63) is 34.5 Å². The van der Waals surface area contributed by atoms with E-state index in [2.05, 4.69) is 28.1 Å². The van der Waals surface area contributed by atoms with Crippen molar-refractivity contribution in [1.82, 2.24) is 14.5 Å². The smallest absolute Gasteiger partial charge is 0.333 e. The maximum Gasteiger partial charge on any atom is 0.333 e. The molecule has 1 aromatic carbocycles. The fourth-order valence-electron chi connectivity index (χ4n) is 5.18. The van der Waals surface area contributed by atoms with E-state index in [1.807, 2.05) is 0 Å². The number of amides is 2.